The Hall–Kier alpha value is -0.950. The molecular formula is C12H21N3O3S. The molecule has 1 aliphatic rings. The van der Waals surface area contributed by atoms with Gasteiger partial charge in [0.05, 0.1) is 0 Å². The molecule has 6 nitrogen and oxygen atoms in total. The highest BCUT2D eigenvalue weighted by atomic mass is 32.2. The van der Waals surface area contributed by atoms with E-state index in [2.05, 4.69) is 15.5 Å². The van der Waals surface area contributed by atoms with Gasteiger partial charge in [-0.1, -0.05) is 18.0 Å². The van der Waals surface area contributed by atoms with Crippen molar-refractivity contribution in [3.05, 3.63) is 11.7 Å². The van der Waals surface area contributed by atoms with Gasteiger partial charge in [0.1, 0.15) is 5.75 Å². The maximum atomic E-state index is 11.2. The molecule has 1 aliphatic carbocycles. The number of sulfone groups is 1. The molecule has 0 aliphatic heterocycles. The van der Waals surface area contributed by atoms with Gasteiger partial charge in [-0.15, -0.1) is 0 Å². The Morgan fingerprint density at radius 2 is 2.11 bits per heavy atom. The van der Waals surface area contributed by atoms with E-state index in [1.165, 1.54) is 25.5 Å². The van der Waals surface area contributed by atoms with E-state index in [1.54, 1.807) is 0 Å². The van der Waals surface area contributed by atoms with E-state index in [1.807, 2.05) is 7.05 Å². The highest BCUT2D eigenvalue weighted by Gasteiger charge is 2.26. The van der Waals surface area contributed by atoms with Gasteiger partial charge in [0, 0.05) is 18.7 Å². The number of hydrogen-bond donors (Lipinski definition) is 1. The maximum absolute atomic E-state index is 11.2. The van der Waals surface area contributed by atoms with Gasteiger partial charge in [-0.05, 0) is 25.8 Å². The van der Waals surface area contributed by atoms with Crippen LogP contribution in [0.25, 0.3) is 0 Å². The third-order valence-corrected chi connectivity index (χ3v) is 4.40. The first-order valence-electron chi connectivity index (χ1n) is 6.64. The topological polar surface area (TPSA) is 85.1 Å². The second kappa shape index (κ2) is 6.00. The summed E-state index contributed by atoms with van der Waals surface area (Å²) in [6.45, 7) is 0. The zero-order valence-electron chi connectivity index (χ0n) is 11.4. The van der Waals surface area contributed by atoms with Crippen LogP contribution in [0.5, 0.6) is 0 Å². The van der Waals surface area contributed by atoms with Crippen LogP contribution >= 0.6 is 0 Å². The largest absolute Gasteiger partial charge is 0.339 e. The second-order valence-electron chi connectivity index (χ2n) is 5.32. The fraction of sp³-hybridized carbons (Fsp3) is 0.833. The molecular weight excluding hydrogens is 266 g/mol. The summed E-state index contributed by atoms with van der Waals surface area (Å²) in [6.07, 6.45) is 6.70. The van der Waals surface area contributed by atoms with Crippen LogP contribution in [0.1, 0.15) is 37.4 Å². The van der Waals surface area contributed by atoms with Crippen LogP contribution in [0.4, 0.5) is 0 Å². The summed E-state index contributed by atoms with van der Waals surface area (Å²) >= 11 is 0. The maximum Gasteiger partial charge on any atom is 0.227 e. The van der Waals surface area contributed by atoms with Crippen LogP contribution in [-0.2, 0) is 22.0 Å². The minimum Gasteiger partial charge on any atom is -0.339 e. The molecule has 19 heavy (non-hydrogen) atoms. The van der Waals surface area contributed by atoms with Crippen LogP contribution in [-0.4, -0.2) is 37.9 Å². The van der Waals surface area contributed by atoms with Crippen molar-refractivity contribution in [3.8, 4) is 0 Å². The van der Waals surface area contributed by atoms with Gasteiger partial charge in [0.25, 0.3) is 0 Å². The third-order valence-electron chi connectivity index (χ3n) is 3.62. The molecule has 0 amide bonds. The molecule has 108 valence electrons. The van der Waals surface area contributed by atoms with Crippen LogP contribution in [0.15, 0.2) is 4.52 Å². The molecule has 1 heterocycles. The predicted molar refractivity (Wildman–Crippen MR) is 71.4 cm³/mol. The number of nitrogens with one attached hydrogen (secondary N) is 1. The normalized spacial score (nSPS) is 24.5. The lowest BCUT2D eigenvalue weighted by Gasteiger charge is -2.30. The zero-order chi connectivity index (χ0) is 13.9. The second-order valence-corrected chi connectivity index (χ2v) is 7.46. The Morgan fingerprint density at radius 1 is 1.37 bits per heavy atom. The average Bonchev–Trinajstić information content (AvgIpc) is 2.75. The summed E-state index contributed by atoms with van der Waals surface area (Å²) in [5.41, 5.74) is 0. The highest BCUT2D eigenvalue weighted by Crippen LogP contribution is 2.27. The summed E-state index contributed by atoms with van der Waals surface area (Å²) in [5, 5.41) is 7.07. The minimum absolute atomic E-state index is 0.156. The summed E-state index contributed by atoms with van der Waals surface area (Å²) in [5.74, 6) is 1.14. The number of nitrogens with zero attached hydrogens (tertiary/aromatic N) is 2. The van der Waals surface area contributed by atoms with Crippen molar-refractivity contribution in [2.45, 2.75) is 43.9 Å². The first-order valence-corrected chi connectivity index (χ1v) is 8.70. The molecule has 2 atom stereocenters. The Morgan fingerprint density at radius 3 is 2.79 bits per heavy atom. The van der Waals surface area contributed by atoms with Crippen molar-refractivity contribution < 1.29 is 12.9 Å². The molecule has 0 saturated heterocycles. The first kappa shape index (κ1) is 14.5. The minimum atomic E-state index is -3.11. The van der Waals surface area contributed by atoms with Crippen molar-refractivity contribution in [3.63, 3.8) is 0 Å². The summed E-state index contributed by atoms with van der Waals surface area (Å²) in [6, 6.07) is 0.485. The zero-order valence-corrected chi connectivity index (χ0v) is 12.2. The number of hydrogen-bond acceptors (Lipinski definition) is 6. The van der Waals surface area contributed by atoms with Crippen LogP contribution in [0, 0.1) is 5.92 Å². The molecule has 1 aromatic rings. The summed E-state index contributed by atoms with van der Waals surface area (Å²) in [7, 11) is -1.13. The van der Waals surface area contributed by atoms with Crippen molar-refractivity contribution in [1.29, 1.82) is 0 Å². The molecule has 1 aromatic heterocycles. The first-order chi connectivity index (χ1) is 8.98. The van der Waals surface area contributed by atoms with Gasteiger partial charge < -0.3 is 9.84 Å². The molecule has 0 radical (unpaired) electrons. The molecule has 0 aromatic carbocycles. The van der Waals surface area contributed by atoms with Crippen LogP contribution in [0.2, 0.25) is 0 Å². The Bertz CT molecular complexity index is 512. The lowest BCUT2D eigenvalue weighted by atomic mass is 9.82. The van der Waals surface area contributed by atoms with E-state index in [0.717, 1.165) is 12.8 Å². The average molecular weight is 287 g/mol. The van der Waals surface area contributed by atoms with Crippen molar-refractivity contribution in [2.75, 3.05) is 13.3 Å². The van der Waals surface area contributed by atoms with Gasteiger partial charge in [0.15, 0.2) is 15.7 Å². The van der Waals surface area contributed by atoms with Gasteiger partial charge in [0.2, 0.25) is 5.89 Å². The smallest absolute Gasteiger partial charge is 0.227 e. The van der Waals surface area contributed by atoms with E-state index in [9.17, 15) is 8.42 Å². The van der Waals surface area contributed by atoms with Crippen molar-refractivity contribution in [2.24, 2.45) is 5.92 Å². The van der Waals surface area contributed by atoms with E-state index < -0.39 is 9.84 Å². The Labute approximate surface area is 113 Å². The molecule has 1 saturated carbocycles. The van der Waals surface area contributed by atoms with Gasteiger partial charge in [-0.25, -0.2) is 8.42 Å². The van der Waals surface area contributed by atoms with Crippen molar-refractivity contribution in [1.82, 2.24) is 15.5 Å². The molecule has 1 fully saturated rings. The lowest BCUT2D eigenvalue weighted by Crippen LogP contribution is -2.37. The fourth-order valence-electron chi connectivity index (χ4n) is 2.72. The van der Waals surface area contributed by atoms with E-state index >= 15 is 0 Å². The predicted octanol–water partition coefficient (Wildman–Crippen LogP) is 0.935. The fourth-order valence-corrected chi connectivity index (χ4v) is 3.31. The van der Waals surface area contributed by atoms with Crippen LogP contribution < -0.4 is 5.32 Å². The van der Waals surface area contributed by atoms with E-state index in [4.69, 9.17) is 4.52 Å². The number of rotatable bonds is 5. The molecule has 0 bridgehead atoms. The summed E-state index contributed by atoms with van der Waals surface area (Å²) < 4.78 is 27.5. The molecule has 2 rings (SSSR count). The van der Waals surface area contributed by atoms with Gasteiger partial charge >= 0.3 is 0 Å². The van der Waals surface area contributed by atoms with Crippen molar-refractivity contribution >= 4 is 9.84 Å². The van der Waals surface area contributed by atoms with E-state index in [-0.39, 0.29) is 11.6 Å². The lowest BCUT2D eigenvalue weighted by molar-refractivity contribution is 0.248. The highest BCUT2D eigenvalue weighted by molar-refractivity contribution is 7.89. The monoisotopic (exact) mass is 287 g/mol. The third kappa shape index (κ3) is 4.28. The molecule has 2 unspecified atom stereocenters. The van der Waals surface area contributed by atoms with Gasteiger partial charge in [-0.2, -0.15) is 4.98 Å². The standard InChI is InChI=1S/C12H21N3O3S/c1-13-10-6-4-3-5-9(10)7-12-14-11(15-18-12)8-19(2,16)17/h9-10,13H,3-8H2,1-2H3. The van der Waals surface area contributed by atoms with Gasteiger partial charge in [-0.3, -0.25) is 0 Å². The van der Waals surface area contributed by atoms with E-state index in [0.29, 0.717) is 17.9 Å². The Kier molecular flexibility index (Phi) is 4.57. The summed E-state index contributed by atoms with van der Waals surface area (Å²) in [4.78, 5) is 4.17. The number of aromatic nitrogens is 2. The molecule has 7 heteroatoms. The quantitative estimate of drug-likeness (QED) is 0.867. The SMILES string of the molecule is CNC1CCCCC1Cc1nc(CS(C)(=O)=O)no1. The van der Waals surface area contributed by atoms with Crippen LogP contribution in [0.3, 0.4) is 0 Å². The molecule has 1 N–H and O–H groups in total. The molecule has 0 spiro atoms. The Balaban J connectivity index is 1.99.